The van der Waals surface area contributed by atoms with Gasteiger partial charge in [-0.2, -0.15) is 0 Å². The van der Waals surface area contributed by atoms with Crippen LogP contribution >= 0.6 is 0 Å². The molecule has 1 N–H and O–H groups in total. The van der Waals surface area contributed by atoms with Gasteiger partial charge in [-0.25, -0.2) is 0 Å². The normalized spacial score (nSPS) is 29.0. The van der Waals surface area contributed by atoms with E-state index in [0.717, 1.165) is 96.9 Å². The Morgan fingerprint density at radius 1 is 0.980 bits per heavy atom. The zero-order valence-electron chi connectivity index (χ0n) is 30.8. The second kappa shape index (κ2) is 20.9. The van der Waals surface area contributed by atoms with Crippen LogP contribution in [0.1, 0.15) is 116 Å². The van der Waals surface area contributed by atoms with Gasteiger partial charge in [0.15, 0.2) is 12.6 Å². The zero-order chi connectivity index (χ0) is 34.3. The minimum atomic E-state index is -0.110. The second-order valence-electron chi connectivity index (χ2n) is 15.3. The van der Waals surface area contributed by atoms with Crippen LogP contribution in [0.15, 0.2) is 65.8 Å². The number of aliphatic hydroxyl groups excluding tert-OH is 1. The van der Waals surface area contributed by atoms with Gasteiger partial charge in [0, 0.05) is 32.3 Å². The topological polar surface area (TPSA) is 66.4 Å². The Morgan fingerprint density at radius 2 is 1.76 bits per heavy atom. The lowest BCUT2D eigenvalue weighted by Crippen LogP contribution is -2.37. The summed E-state index contributed by atoms with van der Waals surface area (Å²) in [6, 6.07) is 10.4. The lowest BCUT2D eigenvalue weighted by molar-refractivity contribution is -0.203. The Morgan fingerprint density at radius 3 is 2.45 bits per heavy atom. The van der Waals surface area contributed by atoms with E-state index >= 15 is 0 Å². The van der Waals surface area contributed by atoms with E-state index < -0.39 is 0 Å². The molecule has 0 bridgehead atoms. The SMILES string of the molecule is CC=CC(CC(CCC=C(C)C)C1C(OC2CCCCO2)CC2C=C(C(CO)CCCCOCc3ccccc3)CC21)OC1CCCCO1. The molecule has 2 heterocycles. The van der Waals surface area contributed by atoms with Crippen LogP contribution in [0.4, 0.5) is 0 Å². The molecule has 3 fully saturated rings. The van der Waals surface area contributed by atoms with Crippen molar-refractivity contribution in [1.29, 1.82) is 0 Å². The number of allylic oxidation sites excluding steroid dienone is 4. The predicted molar refractivity (Wildman–Crippen MR) is 197 cm³/mol. The van der Waals surface area contributed by atoms with Crippen LogP contribution in [0.2, 0.25) is 0 Å². The Labute approximate surface area is 297 Å². The highest BCUT2D eigenvalue weighted by Crippen LogP contribution is 2.54. The van der Waals surface area contributed by atoms with Crippen LogP contribution in [0.5, 0.6) is 0 Å². The Hall–Kier alpha value is -1.80. The van der Waals surface area contributed by atoms with Crippen molar-refractivity contribution in [1.82, 2.24) is 0 Å². The summed E-state index contributed by atoms with van der Waals surface area (Å²) >= 11 is 0. The van der Waals surface area contributed by atoms with Crippen molar-refractivity contribution in [3.63, 3.8) is 0 Å². The number of unbranched alkanes of at least 4 members (excludes halogenated alkanes) is 1. The molecular formula is C43H66O6. The van der Waals surface area contributed by atoms with E-state index in [9.17, 15) is 5.11 Å². The molecule has 2 aliphatic heterocycles. The number of ether oxygens (including phenoxy) is 5. The van der Waals surface area contributed by atoms with Gasteiger partial charge in [0.25, 0.3) is 0 Å². The maximum absolute atomic E-state index is 10.6. The van der Waals surface area contributed by atoms with Crippen molar-refractivity contribution < 1.29 is 28.8 Å². The minimum Gasteiger partial charge on any atom is -0.396 e. The summed E-state index contributed by atoms with van der Waals surface area (Å²) < 4.78 is 31.8. The Balaban J connectivity index is 1.26. The molecule has 9 atom stereocenters. The second-order valence-corrected chi connectivity index (χ2v) is 15.3. The van der Waals surface area contributed by atoms with Crippen LogP contribution in [0.25, 0.3) is 0 Å². The van der Waals surface area contributed by atoms with E-state index in [1.165, 1.54) is 29.6 Å². The lowest BCUT2D eigenvalue weighted by atomic mass is 9.74. The third kappa shape index (κ3) is 12.1. The molecule has 6 heteroatoms. The first-order valence-corrected chi connectivity index (χ1v) is 19.8. The Bertz CT molecular complexity index is 1150. The third-order valence-corrected chi connectivity index (χ3v) is 11.3. The zero-order valence-corrected chi connectivity index (χ0v) is 30.8. The molecule has 1 aromatic carbocycles. The molecule has 49 heavy (non-hydrogen) atoms. The quantitative estimate of drug-likeness (QED) is 0.109. The van der Waals surface area contributed by atoms with Crippen molar-refractivity contribution >= 4 is 0 Å². The molecule has 0 amide bonds. The first-order chi connectivity index (χ1) is 24.0. The fourth-order valence-corrected chi connectivity index (χ4v) is 8.88. The van der Waals surface area contributed by atoms with Crippen LogP contribution in [0.3, 0.4) is 0 Å². The van der Waals surface area contributed by atoms with E-state index in [1.54, 1.807) is 0 Å². The van der Waals surface area contributed by atoms with Gasteiger partial charge in [0.2, 0.25) is 0 Å². The van der Waals surface area contributed by atoms with Gasteiger partial charge in [0.1, 0.15) is 0 Å². The van der Waals surface area contributed by atoms with Gasteiger partial charge in [-0.15, -0.1) is 0 Å². The van der Waals surface area contributed by atoms with Gasteiger partial charge >= 0.3 is 0 Å². The van der Waals surface area contributed by atoms with Crippen LogP contribution < -0.4 is 0 Å². The van der Waals surface area contributed by atoms with Crippen molar-refractivity contribution in [3.8, 4) is 0 Å². The molecule has 5 rings (SSSR count). The summed E-state index contributed by atoms with van der Waals surface area (Å²) in [6.07, 6.45) is 24.3. The molecule has 274 valence electrons. The van der Waals surface area contributed by atoms with Crippen molar-refractivity contribution in [2.45, 2.75) is 142 Å². The van der Waals surface area contributed by atoms with Gasteiger partial charge < -0.3 is 28.8 Å². The molecule has 0 radical (unpaired) electrons. The molecule has 2 aliphatic carbocycles. The molecule has 0 spiro atoms. The maximum Gasteiger partial charge on any atom is 0.158 e. The molecule has 4 aliphatic rings. The number of benzene rings is 1. The van der Waals surface area contributed by atoms with Crippen LogP contribution in [-0.2, 0) is 30.3 Å². The molecule has 2 saturated heterocycles. The molecule has 1 saturated carbocycles. The highest BCUT2D eigenvalue weighted by Gasteiger charge is 2.50. The number of rotatable bonds is 20. The monoisotopic (exact) mass is 678 g/mol. The summed E-state index contributed by atoms with van der Waals surface area (Å²) in [5, 5.41) is 10.6. The number of aliphatic hydroxyl groups is 1. The highest BCUT2D eigenvalue weighted by molar-refractivity contribution is 5.22. The van der Waals surface area contributed by atoms with Gasteiger partial charge in [0.05, 0.1) is 18.8 Å². The lowest BCUT2D eigenvalue weighted by Gasteiger charge is -2.37. The molecular weight excluding hydrogens is 612 g/mol. The summed E-state index contributed by atoms with van der Waals surface area (Å²) in [4.78, 5) is 0. The minimum absolute atomic E-state index is 0.0265. The molecule has 9 unspecified atom stereocenters. The average Bonchev–Trinajstić information content (AvgIpc) is 3.66. The largest absolute Gasteiger partial charge is 0.396 e. The number of hydrogen-bond donors (Lipinski definition) is 1. The Kier molecular flexibility index (Phi) is 16.4. The first-order valence-electron chi connectivity index (χ1n) is 19.8. The summed E-state index contributed by atoms with van der Waals surface area (Å²) in [5.41, 5.74) is 4.07. The van der Waals surface area contributed by atoms with E-state index in [0.29, 0.717) is 30.3 Å². The molecule has 0 aromatic heterocycles. The van der Waals surface area contributed by atoms with Gasteiger partial charge in [-0.1, -0.05) is 72.2 Å². The van der Waals surface area contributed by atoms with Crippen molar-refractivity contribution in [2.24, 2.45) is 29.6 Å². The summed E-state index contributed by atoms with van der Waals surface area (Å²) in [6.45, 7) is 9.76. The van der Waals surface area contributed by atoms with E-state index in [2.05, 4.69) is 69.3 Å². The third-order valence-electron chi connectivity index (χ3n) is 11.3. The smallest absolute Gasteiger partial charge is 0.158 e. The highest BCUT2D eigenvalue weighted by atomic mass is 16.7. The van der Waals surface area contributed by atoms with Gasteiger partial charge in [-0.3, -0.25) is 0 Å². The van der Waals surface area contributed by atoms with E-state index in [-0.39, 0.29) is 37.3 Å². The standard InChI is InChI=1S/C43H66O6/c1-4-15-38(48-41-21-9-12-24-46-41)27-34(20-14-16-32(2)3)43-39-28-36(26-37(39)29-40(43)49-42-22-10-13-25-47-42)35(30-44)19-8-11-23-45-31-33-17-6-5-7-18-33/h4-7,15-18,26,34-35,37-44H,8-14,19-25,27-31H2,1-3H3. The first kappa shape index (κ1) is 38.4. The summed E-state index contributed by atoms with van der Waals surface area (Å²) in [5.74, 6) is 2.12. The number of hydrogen-bond acceptors (Lipinski definition) is 6. The van der Waals surface area contributed by atoms with Crippen LogP contribution in [0, 0.1) is 29.6 Å². The maximum atomic E-state index is 10.6. The fourth-order valence-electron chi connectivity index (χ4n) is 8.88. The van der Waals surface area contributed by atoms with Crippen LogP contribution in [-0.4, -0.2) is 56.3 Å². The van der Waals surface area contributed by atoms with Crippen molar-refractivity contribution in [2.75, 3.05) is 26.4 Å². The summed E-state index contributed by atoms with van der Waals surface area (Å²) in [7, 11) is 0. The molecule has 6 nitrogen and oxygen atoms in total. The average molecular weight is 679 g/mol. The van der Waals surface area contributed by atoms with E-state index in [4.69, 9.17) is 23.7 Å². The van der Waals surface area contributed by atoms with Crippen molar-refractivity contribution in [3.05, 3.63) is 71.3 Å². The van der Waals surface area contributed by atoms with E-state index in [1.807, 2.05) is 6.07 Å². The van der Waals surface area contributed by atoms with Gasteiger partial charge in [-0.05, 0) is 133 Å². The fraction of sp³-hybridized carbons (Fsp3) is 0.721. The molecule has 1 aromatic rings. The number of fused-ring (bicyclic) bond motifs is 1. The predicted octanol–water partition coefficient (Wildman–Crippen LogP) is 9.72.